The summed E-state index contributed by atoms with van der Waals surface area (Å²) in [4.78, 5) is 5.75. The van der Waals surface area contributed by atoms with E-state index in [1.165, 1.54) is 23.2 Å². The lowest BCUT2D eigenvalue weighted by Crippen LogP contribution is -2.04. The molecule has 0 bridgehead atoms. The van der Waals surface area contributed by atoms with Crippen molar-refractivity contribution in [1.29, 1.82) is 5.41 Å². The van der Waals surface area contributed by atoms with Crippen LogP contribution in [-0.2, 0) is 0 Å². The van der Waals surface area contributed by atoms with Crippen molar-refractivity contribution in [3.63, 3.8) is 0 Å². The molecule has 0 radical (unpaired) electrons. The normalized spacial score (nSPS) is 10.6. The molecule has 0 amide bonds. The van der Waals surface area contributed by atoms with Crippen LogP contribution in [0.1, 0.15) is 31.0 Å². The highest BCUT2D eigenvalue weighted by Crippen LogP contribution is 2.38. The number of para-hydroxylation sites is 1. The Hall–Kier alpha value is -3.58. The Labute approximate surface area is 203 Å². The van der Waals surface area contributed by atoms with Gasteiger partial charge in [-0.2, -0.15) is 0 Å². The summed E-state index contributed by atoms with van der Waals surface area (Å²) in [5.41, 5.74) is 15.8. The molecule has 0 aliphatic carbocycles. The third kappa shape index (κ3) is 5.31. The highest BCUT2D eigenvalue weighted by Gasteiger charge is 2.18. The van der Waals surface area contributed by atoms with Gasteiger partial charge < -0.3 is 21.6 Å². The van der Waals surface area contributed by atoms with Crippen LogP contribution in [0, 0.1) is 11.2 Å². The third-order valence-electron chi connectivity index (χ3n) is 5.39. The summed E-state index contributed by atoms with van der Waals surface area (Å²) < 4.78 is 18.4. The second-order valence-electron chi connectivity index (χ2n) is 7.94. The number of thioether (sulfide) groups is 1. The number of ether oxygens (including phenoxy) is 1. The van der Waals surface area contributed by atoms with E-state index in [0.29, 0.717) is 17.1 Å². The number of methoxy groups -OCH3 is 1. The maximum atomic E-state index is 13.3. The molecule has 4 aromatic rings. The number of anilines is 2. The number of nitrogens with one attached hydrogen (secondary N) is 1. The van der Waals surface area contributed by atoms with Gasteiger partial charge in [-0.1, -0.05) is 38.1 Å². The molecule has 0 spiro atoms. The fraction of sp³-hybridized carbons (Fsp3) is 0.185. The molecule has 0 saturated carbocycles. The Balaban J connectivity index is 0.000000271. The van der Waals surface area contributed by atoms with Crippen LogP contribution in [0.2, 0.25) is 0 Å². The van der Waals surface area contributed by atoms with Crippen LogP contribution >= 0.6 is 11.8 Å². The van der Waals surface area contributed by atoms with Crippen molar-refractivity contribution in [2.75, 3.05) is 24.8 Å². The van der Waals surface area contributed by atoms with Gasteiger partial charge in [0.2, 0.25) is 0 Å². The van der Waals surface area contributed by atoms with E-state index in [-0.39, 0.29) is 11.7 Å². The van der Waals surface area contributed by atoms with Crippen LogP contribution < -0.4 is 16.2 Å². The molecule has 7 heteroatoms. The number of pyridine rings is 1. The zero-order chi connectivity index (χ0) is 24.8. The van der Waals surface area contributed by atoms with Crippen LogP contribution in [0.5, 0.6) is 5.75 Å². The summed E-state index contributed by atoms with van der Waals surface area (Å²) in [7, 11) is 1.69. The molecular formula is C27H29FN4OS. The van der Waals surface area contributed by atoms with Gasteiger partial charge in [-0.25, -0.2) is 9.37 Å². The fourth-order valence-corrected chi connectivity index (χ4v) is 4.25. The van der Waals surface area contributed by atoms with Gasteiger partial charge in [0.15, 0.2) is 0 Å². The fourth-order valence-electron chi connectivity index (χ4n) is 3.69. The van der Waals surface area contributed by atoms with Gasteiger partial charge in [0.25, 0.3) is 0 Å². The molecule has 4 rings (SSSR count). The van der Waals surface area contributed by atoms with Crippen molar-refractivity contribution >= 4 is 40.3 Å². The van der Waals surface area contributed by atoms with Gasteiger partial charge in [-0.15, -0.1) is 11.8 Å². The van der Waals surface area contributed by atoms with Crippen LogP contribution in [0.4, 0.5) is 15.9 Å². The van der Waals surface area contributed by atoms with Crippen LogP contribution in [0.3, 0.4) is 0 Å². The number of rotatable bonds is 5. The summed E-state index contributed by atoms with van der Waals surface area (Å²) in [5, 5.41) is 9.16. The molecule has 5 nitrogen and oxygen atoms in total. The Bertz CT molecular complexity index is 1280. The lowest BCUT2D eigenvalue weighted by atomic mass is 9.91. The van der Waals surface area contributed by atoms with Crippen molar-refractivity contribution in [2.45, 2.75) is 24.7 Å². The Morgan fingerprint density at radius 3 is 2.26 bits per heavy atom. The zero-order valence-electron chi connectivity index (χ0n) is 19.7. The molecule has 0 unspecified atom stereocenters. The monoisotopic (exact) mass is 476 g/mol. The van der Waals surface area contributed by atoms with Crippen molar-refractivity contribution in [3.8, 4) is 16.9 Å². The first-order chi connectivity index (χ1) is 16.3. The maximum Gasteiger partial charge on any atom is 0.132 e. The van der Waals surface area contributed by atoms with E-state index in [9.17, 15) is 4.39 Å². The highest BCUT2D eigenvalue weighted by molar-refractivity contribution is 7.98. The van der Waals surface area contributed by atoms with Gasteiger partial charge in [0, 0.05) is 33.3 Å². The van der Waals surface area contributed by atoms with Gasteiger partial charge >= 0.3 is 0 Å². The van der Waals surface area contributed by atoms with Crippen LogP contribution in [0.25, 0.3) is 21.9 Å². The summed E-state index contributed by atoms with van der Waals surface area (Å²) in [6, 6.07) is 17.9. The predicted octanol–water partition coefficient (Wildman–Crippen LogP) is 6.74. The lowest BCUT2D eigenvalue weighted by molar-refractivity contribution is 0.405. The maximum absolute atomic E-state index is 13.3. The lowest BCUT2D eigenvalue weighted by Gasteiger charge is -2.18. The number of nitrogen functional groups attached to an aromatic ring is 2. The van der Waals surface area contributed by atoms with E-state index in [0.717, 1.165) is 33.3 Å². The molecule has 0 saturated heterocycles. The minimum absolute atomic E-state index is 0.137. The summed E-state index contributed by atoms with van der Waals surface area (Å²) in [5.74, 6) is 1.21. The first kappa shape index (κ1) is 25.1. The Morgan fingerprint density at radius 2 is 1.71 bits per heavy atom. The molecule has 0 atom stereocenters. The van der Waals surface area contributed by atoms with Crippen LogP contribution in [0.15, 0.2) is 65.6 Å². The van der Waals surface area contributed by atoms with Crippen molar-refractivity contribution in [3.05, 3.63) is 77.7 Å². The first-order valence-corrected chi connectivity index (χ1v) is 12.0. The van der Waals surface area contributed by atoms with Gasteiger partial charge in [0.05, 0.1) is 12.8 Å². The standard InChI is InChI=1S/C19H19FN4.C8H10OS/c1-10(2)18-17(11-3-5-13(20)6-4-11)14-7-12(9-21)16(22)8-15(14)19(23)24-18;1-9-7-5-3-4-6-8(7)10-2/h3-10,21H,22H2,1-2H3,(H2,23,24);3-6H,1-2H3. The van der Waals surface area contributed by atoms with E-state index in [1.54, 1.807) is 37.1 Å². The van der Waals surface area contributed by atoms with Crippen molar-refractivity contribution in [1.82, 2.24) is 4.98 Å². The van der Waals surface area contributed by atoms with Crippen molar-refractivity contribution in [2.24, 2.45) is 0 Å². The predicted molar refractivity (Wildman–Crippen MR) is 143 cm³/mol. The summed E-state index contributed by atoms with van der Waals surface area (Å²) in [6.45, 7) is 4.07. The topological polar surface area (TPSA) is 98.0 Å². The molecule has 34 heavy (non-hydrogen) atoms. The van der Waals surface area contributed by atoms with Gasteiger partial charge in [-0.05, 0) is 59.5 Å². The van der Waals surface area contributed by atoms with E-state index in [2.05, 4.69) is 4.98 Å². The first-order valence-electron chi connectivity index (χ1n) is 10.8. The Morgan fingerprint density at radius 1 is 1.03 bits per heavy atom. The van der Waals surface area contributed by atoms with E-state index >= 15 is 0 Å². The van der Waals surface area contributed by atoms with E-state index in [1.807, 2.05) is 50.4 Å². The summed E-state index contributed by atoms with van der Waals surface area (Å²) in [6.07, 6.45) is 3.26. The minimum atomic E-state index is -0.290. The number of hydrogen-bond acceptors (Lipinski definition) is 6. The van der Waals surface area contributed by atoms with E-state index < -0.39 is 0 Å². The largest absolute Gasteiger partial charge is 0.496 e. The molecule has 176 valence electrons. The second kappa shape index (κ2) is 11.0. The van der Waals surface area contributed by atoms with Crippen molar-refractivity contribution < 1.29 is 9.13 Å². The molecular weight excluding hydrogens is 447 g/mol. The minimum Gasteiger partial charge on any atom is -0.496 e. The van der Waals surface area contributed by atoms with Gasteiger partial charge in [-0.3, -0.25) is 0 Å². The smallest absolute Gasteiger partial charge is 0.132 e. The zero-order valence-corrected chi connectivity index (χ0v) is 20.5. The number of nitrogens with zero attached hydrogens (tertiary/aromatic N) is 1. The molecule has 3 aromatic carbocycles. The average Bonchev–Trinajstić information content (AvgIpc) is 2.84. The quantitative estimate of drug-likeness (QED) is 0.168. The third-order valence-corrected chi connectivity index (χ3v) is 6.17. The number of fused-ring (bicyclic) bond motifs is 1. The number of benzene rings is 3. The highest BCUT2D eigenvalue weighted by atomic mass is 32.2. The van der Waals surface area contributed by atoms with Crippen LogP contribution in [-0.4, -0.2) is 24.6 Å². The number of aromatic nitrogens is 1. The molecule has 5 N–H and O–H groups in total. The number of nitrogens with two attached hydrogens (primary N) is 2. The summed E-state index contributed by atoms with van der Waals surface area (Å²) >= 11 is 1.69. The van der Waals surface area contributed by atoms with Gasteiger partial charge in [0.1, 0.15) is 17.4 Å². The number of hydrogen-bond donors (Lipinski definition) is 3. The Kier molecular flexibility index (Phi) is 8.12. The second-order valence-corrected chi connectivity index (χ2v) is 8.79. The molecule has 0 fully saturated rings. The number of halogens is 1. The van der Waals surface area contributed by atoms with E-state index in [4.69, 9.17) is 21.6 Å². The average molecular weight is 477 g/mol. The molecule has 1 aromatic heterocycles. The molecule has 0 aliphatic heterocycles. The molecule has 0 aliphatic rings. The SMILES string of the molecule is CC(C)c1nc(N)c2cc(N)c(C=N)cc2c1-c1ccc(F)cc1.COc1ccccc1SC. The molecule has 1 heterocycles.